The number of aromatic nitrogens is 3. The van der Waals surface area contributed by atoms with Crippen molar-refractivity contribution in [3.05, 3.63) is 54.0 Å². The molecule has 2 aromatic heterocycles. The van der Waals surface area contributed by atoms with E-state index in [-0.39, 0.29) is 11.9 Å². The van der Waals surface area contributed by atoms with Crippen LogP contribution in [0, 0.1) is 12.8 Å². The van der Waals surface area contributed by atoms with Gasteiger partial charge in [0.25, 0.3) is 0 Å². The number of hydrogen-bond donors (Lipinski definition) is 1. The molecular formula is C17H22N4O. The third-order valence-corrected chi connectivity index (χ3v) is 3.37. The second-order valence-electron chi connectivity index (χ2n) is 5.62. The minimum Gasteiger partial charge on any atom is -0.346 e. The molecule has 2 heterocycles. The molecule has 1 atom stereocenters. The predicted octanol–water partition coefficient (Wildman–Crippen LogP) is 2.97. The first-order valence-electron chi connectivity index (χ1n) is 7.43. The summed E-state index contributed by atoms with van der Waals surface area (Å²) in [6, 6.07) is 5.58. The van der Waals surface area contributed by atoms with Crippen LogP contribution < -0.4 is 5.32 Å². The van der Waals surface area contributed by atoms with E-state index in [0.29, 0.717) is 5.92 Å². The summed E-state index contributed by atoms with van der Waals surface area (Å²) in [7, 11) is 0. The van der Waals surface area contributed by atoms with E-state index >= 15 is 0 Å². The zero-order valence-corrected chi connectivity index (χ0v) is 13.4. The van der Waals surface area contributed by atoms with Crippen LogP contribution in [-0.2, 0) is 4.79 Å². The smallest absolute Gasteiger partial charge is 0.244 e. The van der Waals surface area contributed by atoms with Crippen molar-refractivity contribution in [2.75, 3.05) is 0 Å². The van der Waals surface area contributed by atoms with Crippen molar-refractivity contribution in [2.24, 2.45) is 5.92 Å². The molecule has 0 saturated heterocycles. The summed E-state index contributed by atoms with van der Waals surface area (Å²) in [6.07, 6.45) is 6.98. The largest absolute Gasteiger partial charge is 0.346 e. The summed E-state index contributed by atoms with van der Waals surface area (Å²) >= 11 is 0. The second-order valence-corrected chi connectivity index (χ2v) is 5.62. The molecule has 1 unspecified atom stereocenters. The van der Waals surface area contributed by atoms with E-state index in [0.717, 1.165) is 17.1 Å². The van der Waals surface area contributed by atoms with Gasteiger partial charge in [0, 0.05) is 17.5 Å². The van der Waals surface area contributed by atoms with Gasteiger partial charge >= 0.3 is 0 Å². The average Bonchev–Trinajstić information content (AvgIpc) is 2.88. The number of carbonyl (C=O) groups is 1. The Morgan fingerprint density at radius 3 is 2.73 bits per heavy atom. The number of amides is 1. The maximum atomic E-state index is 11.9. The number of pyridine rings is 1. The van der Waals surface area contributed by atoms with Crippen molar-refractivity contribution in [3.63, 3.8) is 0 Å². The molecule has 1 N–H and O–H groups in total. The monoisotopic (exact) mass is 298 g/mol. The van der Waals surface area contributed by atoms with Crippen LogP contribution in [0.15, 0.2) is 42.7 Å². The van der Waals surface area contributed by atoms with Gasteiger partial charge in [-0.05, 0) is 38.0 Å². The van der Waals surface area contributed by atoms with Gasteiger partial charge in [-0.1, -0.05) is 26.0 Å². The molecule has 22 heavy (non-hydrogen) atoms. The summed E-state index contributed by atoms with van der Waals surface area (Å²) in [5.41, 5.74) is 1.95. The van der Waals surface area contributed by atoms with Gasteiger partial charge in [0.05, 0.1) is 12.2 Å². The first-order chi connectivity index (χ1) is 10.5. The van der Waals surface area contributed by atoms with E-state index in [2.05, 4.69) is 15.4 Å². The van der Waals surface area contributed by atoms with Crippen molar-refractivity contribution in [2.45, 2.75) is 33.7 Å². The van der Waals surface area contributed by atoms with Crippen LogP contribution in [0.5, 0.6) is 0 Å². The normalized spacial score (nSPS) is 12.8. The molecule has 0 aromatic carbocycles. The molecule has 116 valence electrons. The van der Waals surface area contributed by atoms with Crippen LogP contribution in [-0.4, -0.2) is 20.7 Å². The van der Waals surface area contributed by atoms with Crippen LogP contribution >= 0.6 is 0 Å². The Hall–Kier alpha value is -2.43. The number of carbonyl (C=O) groups excluding carboxylic acids is 1. The number of rotatable bonds is 5. The number of allylic oxidation sites excluding steroid dienone is 1. The summed E-state index contributed by atoms with van der Waals surface area (Å²) < 4.78 is 1.78. The van der Waals surface area contributed by atoms with Crippen molar-refractivity contribution >= 4 is 5.91 Å². The summed E-state index contributed by atoms with van der Waals surface area (Å²) in [5, 5.41) is 7.33. The summed E-state index contributed by atoms with van der Waals surface area (Å²) in [4.78, 5) is 16.2. The molecule has 1 amide bonds. The number of nitrogens with one attached hydrogen (secondary N) is 1. The lowest BCUT2D eigenvalue weighted by Gasteiger charge is -2.12. The predicted molar refractivity (Wildman–Crippen MR) is 86.6 cm³/mol. The first kappa shape index (κ1) is 15.9. The Morgan fingerprint density at radius 1 is 1.32 bits per heavy atom. The molecule has 0 aliphatic rings. The molecule has 0 radical (unpaired) electrons. The highest BCUT2D eigenvalue weighted by atomic mass is 16.1. The topological polar surface area (TPSA) is 59.8 Å². The first-order valence-corrected chi connectivity index (χ1v) is 7.43. The van der Waals surface area contributed by atoms with E-state index in [1.165, 1.54) is 0 Å². The molecule has 0 aliphatic heterocycles. The summed E-state index contributed by atoms with van der Waals surface area (Å²) in [5.74, 6) is 1.03. The lowest BCUT2D eigenvalue weighted by Crippen LogP contribution is -2.25. The van der Waals surface area contributed by atoms with Crippen molar-refractivity contribution in [3.8, 4) is 5.82 Å². The van der Waals surface area contributed by atoms with E-state index in [9.17, 15) is 4.79 Å². The van der Waals surface area contributed by atoms with Crippen LogP contribution in [0.2, 0.25) is 0 Å². The molecule has 0 saturated carbocycles. The van der Waals surface area contributed by atoms with Crippen LogP contribution in [0.4, 0.5) is 0 Å². The zero-order chi connectivity index (χ0) is 16.1. The van der Waals surface area contributed by atoms with Gasteiger partial charge in [-0.3, -0.25) is 4.79 Å². The molecule has 5 nitrogen and oxygen atoms in total. The SMILES string of the molecule is Cc1c(C(C)NC(=O)/C=C/C(C)C)cnn1-c1ccccn1. The van der Waals surface area contributed by atoms with Gasteiger partial charge in [-0.15, -0.1) is 0 Å². The Labute approximate surface area is 131 Å². The fourth-order valence-electron chi connectivity index (χ4n) is 2.18. The van der Waals surface area contributed by atoms with Crippen molar-refractivity contribution < 1.29 is 4.79 Å². The van der Waals surface area contributed by atoms with Crippen LogP contribution in [0.1, 0.15) is 38.1 Å². The number of nitrogens with zero attached hydrogens (tertiary/aromatic N) is 3. The highest BCUT2D eigenvalue weighted by molar-refractivity contribution is 5.87. The summed E-state index contributed by atoms with van der Waals surface area (Å²) in [6.45, 7) is 8.00. The zero-order valence-electron chi connectivity index (χ0n) is 13.4. The molecule has 5 heteroatoms. The average molecular weight is 298 g/mol. The second kappa shape index (κ2) is 7.02. The fourth-order valence-corrected chi connectivity index (χ4v) is 2.18. The Morgan fingerprint density at radius 2 is 2.09 bits per heavy atom. The van der Waals surface area contributed by atoms with Gasteiger partial charge in [0.15, 0.2) is 5.82 Å². The molecule has 0 fully saturated rings. The Balaban J connectivity index is 2.13. The fraction of sp³-hybridized carbons (Fsp3) is 0.353. The van der Waals surface area contributed by atoms with E-state index in [1.54, 1.807) is 23.2 Å². The van der Waals surface area contributed by atoms with E-state index < -0.39 is 0 Å². The molecule has 0 aliphatic carbocycles. The Kier molecular flexibility index (Phi) is 5.09. The molecule has 0 bridgehead atoms. The quantitative estimate of drug-likeness (QED) is 0.863. The van der Waals surface area contributed by atoms with E-state index in [1.807, 2.05) is 52.0 Å². The van der Waals surface area contributed by atoms with Gasteiger partial charge in [-0.25, -0.2) is 9.67 Å². The Bertz CT molecular complexity index is 659. The lowest BCUT2D eigenvalue weighted by atomic mass is 10.1. The maximum Gasteiger partial charge on any atom is 0.244 e. The standard InChI is InChI=1S/C17H22N4O/c1-12(2)8-9-17(22)20-13(3)15-11-19-21(14(15)4)16-7-5-6-10-18-16/h5-13H,1-4H3,(H,20,22)/b9-8+. The molecule has 2 rings (SSSR count). The van der Waals surface area contributed by atoms with Gasteiger partial charge in [0.2, 0.25) is 5.91 Å². The third-order valence-electron chi connectivity index (χ3n) is 3.37. The van der Waals surface area contributed by atoms with Crippen LogP contribution in [0.3, 0.4) is 0 Å². The van der Waals surface area contributed by atoms with E-state index in [4.69, 9.17) is 0 Å². The van der Waals surface area contributed by atoms with Crippen molar-refractivity contribution in [1.29, 1.82) is 0 Å². The van der Waals surface area contributed by atoms with Gasteiger partial charge in [0.1, 0.15) is 0 Å². The number of hydrogen-bond acceptors (Lipinski definition) is 3. The van der Waals surface area contributed by atoms with Gasteiger partial charge in [-0.2, -0.15) is 5.10 Å². The maximum absolute atomic E-state index is 11.9. The highest BCUT2D eigenvalue weighted by Crippen LogP contribution is 2.19. The molecular weight excluding hydrogens is 276 g/mol. The van der Waals surface area contributed by atoms with Gasteiger partial charge < -0.3 is 5.32 Å². The lowest BCUT2D eigenvalue weighted by molar-refractivity contribution is -0.117. The van der Waals surface area contributed by atoms with Crippen molar-refractivity contribution in [1.82, 2.24) is 20.1 Å². The highest BCUT2D eigenvalue weighted by Gasteiger charge is 2.15. The molecule has 2 aromatic rings. The molecule has 0 spiro atoms. The third kappa shape index (κ3) is 3.81. The minimum atomic E-state index is -0.109. The van der Waals surface area contributed by atoms with Crippen LogP contribution in [0.25, 0.3) is 5.82 Å². The minimum absolute atomic E-state index is 0.0915.